The van der Waals surface area contributed by atoms with Crippen LogP contribution < -0.4 is 5.32 Å². The molecule has 2 aliphatic heterocycles. The summed E-state index contributed by atoms with van der Waals surface area (Å²) in [5.41, 5.74) is 0.992. The molecule has 1 N–H and O–H groups in total. The molecule has 0 radical (unpaired) electrons. The lowest BCUT2D eigenvalue weighted by Gasteiger charge is -2.22. The number of nitrogens with zero attached hydrogens (tertiary/aromatic N) is 2. The first-order valence-corrected chi connectivity index (χ1v) is 13.1. The fourth-order valence-corrected chi connectivity index (χ4v) is 7.25. The fourth-order valence-electron chi connectivity index (χ4n) is 3.86. The summed E-state index contributed by atoms with van der Waals surface area (Å²) in [5, 5.41) is 6.02. The van der Waals surface area contributed by atoms with Crippen molar-refractivity contribution in [1.82, 2.24) is 15.2 Å². The van der Waals surface area contributed by atoms with Crippen molar-refractivity contribution in [3.63, 3.8) is 0 Å². The van der Waals surface area contributed by atoms with E-state index in [1.54, 1.807) is 27.6 Å². The number of hydrogen-bond acceptors (Lipinski definition) is 7. The number of carbonyl (C=O) groups is 2. The summed E-state index contributed by atoms with van der Waals surface area (Å²) in [6, 6.07) is 3.84. The van der Waals surface area contributed by atoms with Crippen molar-refractivity contribution >= 4 is 44.3 Å². The van der Waals surface area contributed by atoms with Gasteiger partial charge in [-0.3, -0.25) is 9.59 Å². The normalized spacial score (nSPS) is 23.6. The molecule has 7 nitrogen and oxygen atoms in total. The predicted octanol–water partition coefficient (Wildman–Crippen LogP) is 1.87. The molecular weight excluding hydrogens is 430 g/mol. The molecule has 0 aliphatic carbocycles. The SMILES string of the molecule is Cc1nc(-c2ccc(CCNC(=O)C3CC(=O)N(C4CCS(=O)(=O)C4)C3)s2)cs1. The molecule has 2 fully saturated rings. The van der Waals surface area contributed by atoms with Crippen LogP contribution in [0.5, 0.6) is 0 Å². The van der Waals surface area contributed by atoms with Crippen molar-refractivity contribution in [2.75, 3.05) is 24.6 Å². The standard InChI is InChI=1S/C19H23N3O4S3/c1-12-21-16(10-27-12)17-3-2-15(28-17)4-6-20-19(24)13-8-18(23)22(9-13)14-5-7-29(25,26)11-14/h2-3,10,13-14H,4-9,11H2,1H3,(H,20,24). The molecule has 2 aromatic rings. The van der Waals surface area contributed by atoms with Crippen LogP contribution in [0.15, 0.2) is 17.5 Å². The van der Waals surface area contributed by atoms with E-state index in [0.717, 1.165) is 22.0 Å². The summed E-state index contributed by atoms with van der Waals surface area (Å²) in [6.45, 7) is 2.81. The van der Waals surface area contributed by atoms with E-state index in [4.69, 9.17) is 0 Å². The van der Waals surface area contributed by atoms with Crippen LogP contribution in [0, 0.1) is 12.8 Å². The first-order chi connectivity index (χ1) is 13.8. The highest BCUT2D eigenvalue weighted by Gasteiger charge is 2.41. The third kappa shape index (κ3) is 4.70. The highest BCUT2D eigenvalue weighted by molar-refractivity contribution is 7.91. The molecule has 2 amide bonds. The average molecular weight is 454 g/mol. The molecule has 2 unspecified atom stereocenters. The molecular formula is C19H23N3O4S3. The molecule has 0 spiro atoms. The number of sulfone groups is 1. The van der Waals surface area contributed by atoms with E-state index in [1.807, 2.05) is 12.3 Å². The number of likely N-dealkylation sites (tertiary alicyclic amines) is 1. The largest absolute Gasteiger partial charge is 0.355 e. The van der Waals surface area contributed by atoms with Crippen molar-refractivity contribution in [2.24, 2.45) is 5.92 Å². The van der Waals surface area contributed by atoms with Gasteiger partial charge in [0.1, 0.15) is 0 Å². The zero-order valence-corrected chi connectivity index (χ0v) is 18.5. The van der Waals surface area contributed by atoms with E-state index >= 15 is 0 Å². The highest BCUT2D eigenvalue weighted by atomic mass is 32.2. The van der Waals surface area contributed by atoms with Crippen molar-refractivity contribution in [1.29, 1.82) is 0 Å². The Hall–Kier alpha value is -1.78. The van der Waals surface area contributed by atoms with Gasteiger partial charge in [-0.15, -0.1) is 22.7 Å². The Morgan fingerprint density at radius 3 is 2.90 bits per heavy atom. The lowest BCUT2D eigenvalue weighted by Crippen LogP contribution is -2.39. The molecule has 2 aliphatic rings. The third-order valence-corrected chi connectivity index (χ3v) is 9.07. The number of nitrogens with one attached hydrogen (secondary N) is 1. The van der Waals surface area contributed by atoms with Crippen molar-refractivity contribution < 1.29 is 18.0 Å². The Morgan fingerprint density at radius 1 is 1.38 bits per heavy atom. The number of amides is 2. The Balaban J connectivity index is 1.26. The number of hydrogen-bond donors (Lipinski definition) is 1. The number of aryl methyl sites for hydroxylation is 1. The van der Waals surface area contributed by atoms with E-state index < -0.39 is 15.8 Å². The molecule has 2 aromatic heterocycles. The second-order valence-electron chi connectivity index (χ2n) is 7.56. The Kier molecular flexibility index (Phi) is 5.76. The second kappa shape index (κ2) is 8.16. The van der Waals surface area contributed by atoms with Gasteiger partial charge in [0, 0.05) is 35.8 Å². The van der Waals surface area contributed by atoms with Crippen molar-refractivity contribution in [2.45, 2.75) is 32.2 Å². The van der Waals surface area contributed by atoms with Crippen LogP contribution >= 0.6 is 22.7 Å². The van der Waals surface area contributed by atoms with E-state index in [-0.39, 0.29) is 35.8 Å². The molecule has 4 heterocycles. The lowest BCUT2D eigenvalue weighted by molar-refractivity contribution is -0.130. The molecule has 2 saturated heterocycles. The van der Waals surface area contributed by atoms with Crippen molar-refractivity contribution in [3.8, 4) is 10.6 Å². The van der Waals surface area contributed by atoms with Gasteiger partial charge >= 0.3 is 0 Å². The summed E-state index contributed by atoms with van der Waals surface area (Å²) in [4.78, 5) is 33.1. The molecule has 29 heavy (non-hydrogen) atoms. The molecule has 0 aromatic carbocycles. The van der Waals surface area contributed by atoms with Crippen LogP contribution in [-0.2, 0) is 25.8 Å². The Bertz CT molecular complexity index is 1030. The Morgan fingerprint density at radius 2 is 2.21 bits per heavy atom. The first kappa shape index (κ1) is 20.5. The van der Waals surface area contributed by atoms with Crippen LogP contribution in [0.4, 0.5) is 0 Å². The predicted molar refractivity (Wildman–Crippen MR) is 114 cm³/mol. The third-order valence-electron chi connectivity index (χ3n) is 5.38. The maximum Gasteiger partial charge on any atom is 0.225 e. The number of rotatable bonds is 6. The van der Waals surface area contributed by atoms with E-state index in [0.29, 0.717) is 19.5 Å². The summed E-state index contributed by atoms with van der Waals surface area (Å²) in [6.07, 6.45) is 1.36. The molecule has 0 bridgehead atoms. The molecule has 10 heteroatoms. The van der Waals surface area contributed by atoms with Gasteiger partial charge in [-0.2, -0.15) is 0 Å². The van der Waals surface area contributed by atoms with Gasteiger partial charge in [0.15, 0.2) is 9.84 Å². The summed E-state index contributed by atoms with van der Waals surface area (Å²) < 4.78 is 23.3. The van der Waals surface area contributed by atoms with Crippen LogP contribution in [0.1, 0.15) is 22.7 Å². The van der Waals surface area contributed by atoms with Crippen LogP contribution in [0.2, 0.25) is 0 Å². The maximum atomic E-state index is 12.5. The lowest BCUT2D eigenvalue weighted by atomic mass is 10.1. The van der Waals surface area contributed by atoms with Gasteiger partial charge in [0.2, 0.25) is 11.8 Å². The van der Waals surface area contributed by atoms with Gasteiger partial charge in [0.05, 0.1) is 33.0 Å². The van der Waals surface area contributed by atoms with Gasteiger partial charge in [0.25, 0.3) is 0 Å². The average Bonchev–Trinajstić information content (AvgIpc) is 3.42. The summed E-state index contributed by atoms with van der Waals surface area (Å²) in [5.74, 6) is -0.501. The number of thiazole rings is 1. The van der Waals surface area contributed by atoms with Gasteiger partial charge in [-0.05, 0) is 31.9 Å². The molecule has 4 rings (SSSR count). The number of thiophene rings is 1. The van der Waals surface area contributed by atoms with Gasteiger partial charge in [-0.25, -0.2) is 13.4 Å². The van der Waals surface area contributed by atoms with Gasteiger partial charge in [-0.1, -0.05) is 0 Å². The number of carbonyl (C=O) groups excluding carboxylic acids is 2. The maximum absolute atomic E-state index is 12.5. The quantitative estimate of drug-likeness (QED) is 0.720. The monoisotopic (exact) mass is 453 g/mol. The van der Waals surface area contributed by atoms with E-state index in [1.165, 1.54) is 4.88 Å². The van der Waals surface area contributed by atoms with Crippen molar-refractivity contribution in [3.05, 3.63) is 27.4 Å². The van der Waals surface area contributed by atoms with E-state index in [2.05, 4.69) is 22.4 Å². The fraction of sp³-hybridized carbons (Fsp3) is 0.526. The minimum Gasteiger partial charge on any atom is -0.355 e. The molecule has 0 saturated carbocycles. The first-order valence-electron chi connectivity index (χ1n) is 9.59. The molecule has 2 atom stereocenters. The van der Waals surface area contributed by atoms with Gasteiger partial charge < -0.3 is 10.2 Å². The summed E-state index contributed by atoms with van der Waals surface area (Å²) in [7, 11) is -3.05. The minimum atomic E-state index is -3.05. The zero-order chi connectivity index (χ0) is 20.6. The number of aromatic nitrogens is 1. The van der Waals surface area contributed by atoms with Crippen LogP contribution in [0.3, 0.4) is 0 Å². The van der Waals surface area contributed by atoms with E-state index in [9.17, 15) is 18.0 Å². The Labute approximate surface area is 178 Å². The highest BCUT2D eigenvalue weighted by Crippen LogP contribution is 2.29. The molecule has 156 valence electrons. The topological polar surface area (TPSA) is 96.4 Å². The minimum absolute atomic E-state index is 0.0201. The zero-order valence-electron chi connectivity index (χ0n) is 16.1. The summed E-state index contributed by atoms with van der Waals surface area (Å²) >= 11 is 3.30. The second-order valence-corrected chi connectivity index (χ2v) is 12.0. The van der Waals surface area contributed by atoms with Crippen LogP contribution in [-0.4, -0.2) is 60.8 Å². The smallest absolute Gasteiger partial charge is 0.225 e. The van der Waals surface area contributed by atoms with Crippen LogP contribution in [0.25, 0.3) is 10.6 Å².